The summed E-state index contributed by atoms with van der Waals surface area (Å²) in [4.78, 5) is 1.23. The van der Waals surface area contributed by atoms with Gasteiger partial charge in [-0.15, -0.1) is 11.3 Å². The van der Waals surface area contributed by atoms with E-state index in [9.17, 15) is 8.42 Å². The number of hydrogen-bond donors (Lipinski definition) is 2. The Kier molecular flexibility index (Phi) is 4.62. The maximum Gasteiger partial charge on any atom is 0.263 e. The first-order chi connectivity index (χ1) is 9.03. The van der Waals surface area contributed by atoms with Crippen molar-refractivity contribution in [3.8, 4) is 0 Å². The van der Waals surface area contributed by atoms with Crippen LogP contribution in [-0.4, -0.2) is 15.5 Å². The summed E-state index contributed by atoms with van der Waals surface area (Å²) in [7, 11) is -1.73. The maximum absolute atomic E-state index is 12.3. The van der Waals surface area contributed by atoms with Gasteiger partial charge in [-0.05, 0) is 41.2 Å². The van der Waals surface area contributed by atoms with Gasteiger partial charge in [-0.2, -0.15) is 0 Å². The Balaban J connectivity index is 2.29. The van der Waals surface area contributed by atoms with Crippen LogP contribution in [0.1, 0.15) is 4.88 Å². The summed E-state index contributed by atoms with van der Waals surface area (Å²) in [5.41, 5.74) is 0.552. The monoisotopic (exact) mass is 360 g/mol. The molecule has 2 rings (SSSR count). The number of halogens is 1. The maximum atomic E-state index is 12.3. The molecule has 4 nitrogen and oxygen atoms in total. The third-order valence-corrected chi connectivity index (χ3v) is 6.01. The van der Waals surface area contributed by atoms with Crippen LogP contribution in [0.15, 0.2) is 45.1 Å². The van der Waals surface area contributed by atoms with E-state index in [1.807, 2.05) is 13.1 Å². The van der Waals surface area contributed by atoms with Gasteiger partial charge in [0.15, 0.2) is 0 Å². The zero-order valence-corrected chi connectivity index (χ0v) is 13.4. The lowest BCUT2D eigenvalue weighted by Crippen LogP contribution is -2.12. The fraction of sp³-hybridized carbons (Fsp3) is 0.167. The van der Waals surface area contributed by atoms with Crippen molar-refractivity contribution in [2.24, 2.45) is 0 Å². The third kappa shape index (κ3) is 3.56. The van der Waals surface area contributed by atoms with E-state index in [1.165, 1.54) is 11.3 Å². The minimum atomic E-state index is -3.56. The van der Waals surface area contributed by atoms with Gasteiger partial charge >= 0.3 is 0 Å². The third-order valence-electron chi connectivity index (χ3n) is 2.37. The van der Waals surface area contributed by atoms with Crippen LogP contribution in [0.25, 0.3) is 0 Å². The molecule has 1 heterocycles. The van der Waals surface area contributed by atoms with Crippen LogP contribution in [0.3, 0.4) is 0 Å². The van der Waals surface area contributed by atoms with E-state index in [4.69, 9.17) is 0 Å². The smallest absolute Gasteiger partial charge is 0.263 e. The summed E-state index contributed by atoms with van der Waals surface area (Å²) in [5.74, 6) is 0. The summed E-state index contributed by atoms with van der Waals surface area (Å²) in [6.07, 6.45) is 0. The average Bonchev–Trinajstić information content (AvgIpc) is 2.72. The molecule has 0 radical (unpaired) electrons. The first-order valence-electron chi connectivity index (χ1n) is 5.53. The predicted molar refractivity (Wildman–Crippen MR) is 82.0 cm³/mol. The molecule has 2 aromatic rings. The molecule has 0 saturated carbocycles. The molecule has 0 spiro atoms. The van der Waals surface area contributed by atoms with Gasteiger partial charge in [0, 0.05) is 17.1 Å². The molecule has 0 fully saturated rings. The van der Waals surface area contributed by atoms with Crippen LogP contribution in [0.4, 0.5) is 5.69 Å². The van der Waals surface area contributed by atoms with E-state index in [2.05, 4.69) is 26.0 Å². The van der Waals surface area contributed by atoms with Gasteiger partial charge in [0.2, 0.25) is 0 Å². The van der Waals surface area contributed by atoms with E-state index >= 15 is 0 Å². The fourth-order valence-electron chi connectivity index (χ4n) is 1.56. The molecule has 0 unspecified atom stereocenters. The highest BCUT2D eigenvalue weighted by atomic mass is 79.9. The summed E-state index contributed by atoms with van der Waals surface area (Å²) in [6.45, 7) is 0.643. The molecule has 7 heteroatoms. The Morgan fingerprint density at radius 1 is 1.26 bits per heavy atom. The quantitative estimate of drug-likeness (QED) is 0.861. The van der Waals surface area contributed by atoms with E-state index in [0.717, 1.165) is 4.88 Å². The molecule has 0 bridgehead atoms. The van der Waals surface area contributed by atoms with Gasteiger partial charge in [-0.25, -0.2) is 8.42 Å². The van der Waals surface area contributed by atoms with Crippen LogP contribution >= 0.6 is 27.3 Å². The van der Waals surface area contributed by atoms with Crippen LogP contribution in [0.2, 0.25) is 0 Å². The van der Waals surface area contributed by atoms with Crippen LogP contribution in [0.5, 0.6) is 0 Å². The fourth-order valence-corrected chi connectivity index (χ4v) is 5.31. The Labute approximate surface area is 125 Å². The van der Waals surface area contributed by atoms with E-state index in [-0.39, 0.29) is 4.90 Å². The topological polar surface area (TPSA) is 58.2 Å². The summed E-state index contributed by atoms with van der Waals surface area (Å²) >= 11 is 4.72. The Morgan fingerprint density at radius 2 is 1.95 bits per heavy atom. The van der Waals surface area contributed by atoms with E-state index in [1.54, 1.807) is 30.3 Å². The second-order valence-corrected chi connectivity index (χ2v) is 7.96. The molecule has 0 amide bonds. The lowest BCUT2D eigenvalue weighted by Gasteiger charge is -2.06. The first-order valence-corrected chi connectivity index (χ1v) is 8.63. The van der Waals surface area contributed by atoms with Crippen molar-refractivity contribution in [3.63, 3.8) is 0 Å². The minimum absolute atomic E-state index is 0.270. The van der Waals surface area contributed by atoms with Crippen LogP contribution in [-0.2, 0) is 16.6 Å². The van der Waals surface area contributed by atoms with Crippen molar-refractivity contribution in [1.82, 2.24) is 5.32 Å². The molecule has 0 saturated heterocycles. The number of sulfonamides is 1. The second-order valence-electron chi connectivity index (χ2n) is 3.85. The van der Waals surface area contributed by atoms with Crippen LogP contribution in [0, 0.1) is 0 Å². The standard InChI is InChI=1S/C12H13BrN2O2S2/c1-14-8-10-7-11(12(13)18-10)19(16,17)15-9-5-3-2-4-6-9/h2-7,14-15H,8H2,1H3. The molecular formula is C12H13BrN2O2S2. The molecule has 0 aliphatic heterocycles. The highest BCUT2D eigenvalue weighted by molar-refractivity contribution is 9.11. The summed E-state index contributed by atoms with van der Waals surface area (Å²) in [5, 5.41) is 3.00. The number of nitrogens with one attached hydrogen (secondary N) is 2. The van der Waals surface area contributed by atoms with Gasteiger partial charge in [-0.3, -0.25) is 4.72 Å². The average molecular weight is 361 g/mol. The predicted octanol–water partition coefficient (Wildman–Crippen LogP) is 3.03. The Hall–Kier alpha value is -0.890. The van der Waals surface area contributed by atoms with Crippen molar-refractivity contribution in [2.75, 3.05) is 11.8 Å². The normalized spacial score (nSPS) is 11.5. The van der Waals surface area contributed by atoms with Gasteiger partial charge in [0.25, 0.3) is 10.0 Å². The SMILES string of the molecule is CNCc1cc(S(=O)(=O)Nc2ccccc2)c(Br)s1. The molecule has 2 N–H and O–H groups in total. The molecule has 0 aliphatic carbocycles. The van der Waals surface area contributed by atoms with Gasteiger partial charge in [0.1, 0.15) is 4.90 Å². The van der Waals surface area contributed by atoms with E-state index in [0.29, 0.717) is 16.0 Å². The second kappa shape index (κ2) is 6.04. The Bertz CT molecular complexity index is 654. The Morgan fingerprint density at radius 3 is 2.58 bits per heavy atom. The summed E-state index contributed by atoms with van der Waals surface area (Å²) in [6, 6.07) is 10.5. The molecule has 0 aliphatic rings. The molecular weight excluding hydrogens is 348 g/mol. The molecule has 1 aromatic heterocycles. The van der Waals surface area contributed by atoms with Gasteiger partial charge in [0.05, 0.1) is 3.79 Å². The van der Waals surface area contributed by atoms with Gasteiger partial charge in [-0.1, -0.05) is 18.2 Å². The molecule has 102 valence electrons. The number of benzene rings is 1. The van der Waals surface area contributed by atoms with Crippen LogP contribution < -0.4 is 10.0 Å². The van der Waals surface area contributed by atoms with Crippen molar-refractivity contribution in [1.29, 1.82) is 0 Å². The lowest BCUT2D eigenvalue weighted by atomic mass is 10.3. The largest absolute Gasteiger partial charge is 0.315 e. The molecule has 0 atom stereocenters. The number of para-hydroxylation sites is 1. The van der Waals surface area contributed by atoms with Gasteiger partial charge < -0.3 is 5.32 Å². The summed E-state index contributed by atoms with van der Waals surface area (Å²) < 4.78 is 27.7. The zero-order valence-electron chi connectivity index (χ0n) is 10.2. The highest BCUT2D eigenvalue weighted by Gasteiger charge is 2.20. The number of anilines is 1. The lowest BCUT2D eigenvalue weighted by molar-refractivity contribution is 0.601. The number of rotatable bonds is 5. The molecule has 19 heavy (non-hydrogen) atoms. The number of hydrogen-bond acceptors (Lipinski definition) is 4. The zero-order chi connectivity index (χ0) is 13.9. The van der Waals surface area contributed by atoms with Crippen molar-refractivity contribution in [2.45, 2.75) is 11.4 Å². The minimum Gasteiger partial charge on any atom is -0.315 e. The highest BCUT2D eigenvalue weighted by Crippen LogP contribution is 2.32. The first kappa shape index (κ1) is 14.5. The molecule has 1 aromatic carbocycles. The van der Waals surface area contributed by atoms with Crippen molar-refractivity contribution < 1.29 is 8.42 Å². The van der Waals surface area contributed by atoms with Crippen molar-refractivity contribution in [3.05, 3.63) is 45.1 Å². The van der Waals surface area contributed by atoms with E-state index < -0.39 is 10.0 Å². The number of thiophene rings is 1. The van der Waals surface area contributed by atoms with Crippen molar-refractivity contribution >= 4 is 43.0 Å².